The molecule has 4 heterocycles. The molecule has 3 aromatic heterocycles. The molecule has 1 aliphatic heterocycles. The summed E-state index contributed by atoms with van der Waals surface area (Å²) in [7, 11) is 0. The summed E-state index contributed by atoms with van der Waals surface area (Å²) in [6.07, 6.45) is 3.11. The van der Waals surface area contributed by atoms with E-state index < -0.39 is 6.10 Å². The maximum atomic E-state index is 12.9. The topological polar surface area (TPSA) is 109 Å². The van der Waals surface area contributed by atoms with Crippen LogP contribution >= 0.6 is 0 Å². The lowest BCUT2D eigenvalue weighted by atomic mass is 10.2. The number of rotatable bonds is 3. The van der Waals surface area contributed by atoms with Gasteiger partial charge in [0.2, 0.25) is 0 Å². The van der Waals surface area contributed by atoms with Crippen LogP contribution in [0.4, 0.5) is 0 Å². The molecular formula is C16H18N6O3. The third-order valence-corrected chi connectivity index (χ3v) is 4.38. The number of amides is 1. The second-order valence-electron chi connectivity index (χ2n) is 6.07. The number of pyridine rings is 1. The minimum Gasteiger partial charge on any atom is -0.393 e. The summed E-state index contributed by atoms with van der Waals surface area (Å²) < 4.78 is 3.54. The van der Waals surface area contributed by atoms with Crippen molar-refractivity contribution in [3.8, 4) is 0 Å². The highest BCUT2D eigenvalue weighted by molar-refractivity contribution is 5.95. The van der Waals surface area contributed by atoms with Crippen molar-refractivity contribution in [3.63, 3.8) is 0 Å². The third kappa shape index (κ3) is 2.87. The first-order valence-electron chi connectivity index (χ1n) is 8.10. The Morgan fingerprint density at radius 1 is 1.32 bits per heavy atom. The molecule has 0 radical (unpaired) electrons. The number of hydrogen-bond acceptors (Lipinski definition) is 6. The molecule has 0 spiro atoms. The average Bonchev–Trinajstić information content (AvgIpc) is 3.21. The van der Waals surface area contributed by atoms with Crippen molar-refractivity contribution in [3.05, 3.63) is 47.7 Å². The van der Waals surface area contributed by atoms with Gasteiger partial charge < -0.3 is 15.1 Å². The van der Waals surface area contributed by atoms with Gasteiger partial charge in [-0.1, -0.05) is 0 Å². The van der Waals surface area contributed by atoms with Crippen LogP contribution in [-0.4, -0.2) is 58.6 Å². The van der Waals surface area contributed by atoms with E-state index in [2.05, 4.69) is 15.3 Å². The predicted octanol–water partition coefficient (Wildman–Crippen LogP) is -0.00240. The van der Waals surface area contributed by atoms with Crippen molar-refractivity contribution in [1.29, 1.82) is 0 Å². The van der Waals surface area contributed by atoms with Gasteiger partial charge in [-0.15, -0.1) is 10.2 Å². The van der Waals surface area contributed by atoms with Crippen molar-refractivity contribution < 1.29 is 15.0 Å². The number of hydrogen-bond donors (Lipinski definition) is 2. The number of nitrogens with zero attached hydrogens (tertiary/aromatic N) is 6. The number of carbonyl (C=O) groups excluding carboxylic acids is 1. The number of aliphatic hydroxyl groups is 2. The Hall–Kier alpha value is -2.78. The zero-order valence-corrected chi connectivity index (χ0v) is 13.5. The zero-order chi connectivity index (χ0) is 17.4. The lowest BCUT2D eigenvalue weighted by Crippen LogP contribution is -2.30. The number of aromatic nitrogens is 5. The molecule has 9 nitrogen and oxygen atoms in total. The highest BCUT2D eigenvalue weighted by Crippen LogP contribution is 2.19. The smallest absolute Gasteiger partial charge is 0.254 e. The van der Waals surface area contributed by atoms with Gasteiger partial charge in [0.15, 0.2) is 5.65 Å². The minimum absolute atomic E-state index is 0.0793. The Labute approximate surface area is 143 Å². The van der Waals surface area contributed by atoms with Crippen LogP contribution in [-0.2, 0) is 13.1 Å². The van der Waals surface area contributed by atoms with Crippen molar-refractivity contribution in [2.75, 3.05) is 13.2 Å². The molecule has 0 aliphatic carbocycles. The van der Waals surface area contributed by atoms with Crippen LogP contribution < -0.4 is 0 Å². The largest absolute Gasteiger partial charge is 0.393 e. The van der Waals surface area contributed by atoms with E-state index in [0.717, 1.165) is 12.1 Å². The van der Waals surface area contributed by atoms with Crippen molar-refractivity contribution >= 4 is 11.6 Å². The summed E-state index contributed by atoms with van der Waals surface area (Å²) in [5.74, 6) is -0.0793. The first-order chi connectivity index (χ1) is 12.2. The van der Waals surface area contributed by atoms with Crippen molar-refractivity contribution in [2.24, 2.45) is 0 Å². The molecule has 1 aliphatic rings. The molecule has 130 valence electrons. The Kier molecular flexibility index (Phi) is 3.94. The average molecular weight is 342 g/mol. The monoisotopic (exact) mass is 342 g/mol. The Balaban J connectivity index is 1.59. The van der Waals surface area contributed by atoms with E-state index >= 15 is 0 Å². The summed E-state index contributed by atoms with van der Waals surface area (Å²) in [6.45, 7) is 1.32. The second-order valence-corrected chi connectivity index (χ2v) is 6.07. The lowest BCUT2D eigenvalue weighted by molar-refractivity contribution is 0.0745. The van der Waals surface area contributed by atoms with Gasteiger partial charge in [0.1, 0.15) is 12.4 Å². The molecule has 9 heteroatoms. The first kappa shape index (κ1) is 15.7. The summed E-state index contributed by atoms with van der Waals surface area (Å²) in [6, 6.07) is 5.22. The SMILES string of the molecule is O=C(c1ccn2cnnc2c1)N1CCCn2nc([C@@H](O)CO)cc2C1. The fourth-order valence-corrected chi connectivity index (χ4v) is 3.05. The van der Waals surface area contributed by atoms with E-state index in [-0.39, 0.29) is 12.5 Å². The van der Waals surface area contributed by atoms with Gasteiger partial charge >= 0.3 is 0 Å². The lowest BCUT2D eigenvalue weighted by Gasteiger charge is -2.20. The molecule has 4 rings (SSSR count). The summed E-state index contributed by atoms with van der Waals surface area (Å²) in [5, 5.41) is 31.0. The number of fused-ring (bicyclic) bond motifs is 2. The summed E-state index contributed by atoms with van der Waals surface area (Å²) in [5.41, 5.74) is 2.46. The molecule has 25 heavy (non-hydrogen) atoms. The van der Waals surface area contributed by atoms with Gasteiger partial charge in [-0.3, -0.25) is 13.9 Å². The van der Waals surface area contributed by atoms with Crippen LogP contribution in [0, 0.1) is 0 Å². The van der Waals surface area contributed by atoms with E-state index in [0.29, 0.717) is 36.5 Å². The Morgan fingerprint density at radius 3 is 3.04 bits per heavy atom. The van der Waals surface area contributed by atoms with Gasteiger partial charge in [0.05, 0.1) is 24.5 Å². The molecule has 1 amide bonds. The predicted molar refractivity (Wildman–Crippen MR) is 86.6 cm³/mol. The quantitative estimate of drug-likeness (QED) is 0.693. The number of carbonyl (C=O) groups is 1. The normalized spacial score (nSPS) is 15.8. The fraction of sp³-hybridized carbons (Fsp3) is 0.375. The van der Waals surface area contributed by atoms with Gasteiger partial charge in [0, 0.05) is 24.8 Å². The van der Waals surface area contributed by atoms with Crippen LogP contribution in [0.5, 0.6) is 0 Å². The van der Waals surface area contributed by atoms with Crippen LogP contribution in [0.25, 0.3) is 5.65 Å². The van der Waals surface area contributed by atoms with Crippen molar-refractivity contribution in [2.45, 2.75) is 25.6 Å². The highest BCUT2D eigenvalue weighted by atomic mass is 16.3. The van der Waals surface area contributed by atoms with Crippen molar-refractivity contribution in [1.82, 2.24) is 29.3 Å². The molecule has 0 saturated carbocycles. The standard InChI is InChI=1S/C16H18N6O3/c23-9-14(24)13-7-12-8-20(3-1-4-22(12)19-13)16(25)11-2-5-21-10-17-18-15(21)6-11/h2,5-7,10,14,23-24H,1,3-4,8-9H2/t14-/m0/s1. The van der Waals surface area contributed by atoms with Crippen LogP contribution in [0.1, 0.15) is 34.3 Å². The second kappa shape index (κ2) is 6.26. The van der Waals surface area contributed by atoms with E-state index in [9.17, 15) is 9.90 Å². The third-order valence-electron chi connectivity index (χ3n) is 4.38. The molecule has 1 atom stereocenters. The van der Waals surface area contributed by atoms with E-state index in [1.807, 2.05) is 0 Å². The first-order valence-corrected chi connectivity index (χ1v) is 8.10. The molecule has 0 fully saturated rings. The molecule has 0 saturated heterocycles. The van der Waals surface area contributed by atoms with Gasteiger partial charge in [0.25, 0.3) is 5.91 Å². The molecule has 0 aromatic carbocycles. The van der Waals surface area contributed by atoms with Gasteiger partial charge in [-0.05, 0) is 24.6 Å². The summed E-state index contributed by atoms with van der Waals surface area (Å²) in [4.78, 5) is 14.6. The van der Waals surface area contributed by atoms with Crippen LogP contribution in [0.2, 0.25) is 0 Å². The minimum atomic E-state index is -1.00. The van der Waals surface area contributed by atoms with Gasteiger partial charge in [-0.25, -0.2) is 0 Å². The maximum Gasteiger partial charge on any atom is 0.254 e. The van der Waals surface area contributed by atoms with Crippen LogP contribution in [0.3, 0.4) is 0 Å². The maximum absolute atomic E-state index is 12.9. The highest BCUT2D eigenvalue weighted by Gasteiger charge is 2.23. The number of aryl methyl sites for hydroxylation is 1. The van der Waals surface area contributed by atoms with Crippen LogP contribution in [0.15, 0.2) is 30.7 Å². The van der Waals surface area contributed by atoms with Gasteiger partial charge in [-0.2, -0.15) is 5.10 Å². The zero-order valence-electron chi connectivity index (χ0n) is 13.5. The molecule has 0 bridgehead atoms. The Bertz CT molecular complexity index is 918. The van der Waals surface area contributed by atoms with E-state index in [1.165, 1.54) is 0 Å². The molecule has 0 unspecified atom stereocenters. The Morgan fingerprint density at radius 2 is 2.20 bits per heavy atom. The fourth-order valence-electron chi connectivity index (χ4n) is 3.05. The molecule has 3 aromatic rings. The van der Waals surface area contributed by atoms with E-state index in [4.69, 9.17) is 5.11 Å². The number of aliphatic hydroxyl groups excluding tert-OH is 2. The molecular weight excluding hydrogens is 324 g/mol. The van der Waals surface area contributed by atoms with E-state index in [1.54, 1.807) is 44.7 Å². The molecule has 2 N–H and O–H groups in total. The summed E-state index contributed by atoms with van der Waals surface area (Å²) >= 11 is 0.